The summed E-state index contributed by atoms with van der Waals surface area (Å²) in [6, 6.07) is 14.6. The molecule has 0 radical (unpaired) electrons. The number of benzene rings is 1. The molecule has 3 rings (SSSR count). The minimum atomic E-state index is 0.0132. The fourth-order valence-electron chi connectivity index (χ4n) is 3.12. The molecule has 1 aliphatic rings. The van der Waals surface area contributed by atoms with Gasteiger partial charge in [-0.05, 0) is 11.4 Å². The number of nitrogens with one attached hydrogen (secondary N) is 4. The van der Waals surface area contributed by atoms with Crippen molar-refractivity contribution in [3.8, 4) is 0 Å². The molecule has 25 heavy (non-hydrogen) atoms. The van der Waals surface area contributed by atoms with Crippen LogP contribution >= 0.6 is 11.3 Å². The van der Waals surface area contributed by atoms with Gasteiger partial charge in [-0.1, -0.05) is 43.0 Å². The number of carbonyl (C=O) groups is 1. The molecule has 0 bridgehead atoms. The molecule has 1 fully saturated rings. The molecule has 132 valence electrons. The van der Waals surface area contributed by atoms with Crippen LogP contribution in [0.1, 0.15) is 10.4 Å². The maximum Gasteiger partial charge on any atom is 0.293 e. The van der Waals surface area contributed by atoms with E-state index in [1.807, 2.05) is 17.5 Å². The van der Waals surface area contributed by atoms with Crippen molar-refractivity contribution in [3.63, 3.8) is 0 Å². The van der Waals surface area contributed by atoms with Gasteiger partial charge in [0.15, 0.2) is 6.54 Å². The highest BCUT2D eigenvalue weighted by atomic mass is 32.1. The van der Waals surface area contributed by atoms with E-state index in [1.54, 1.807) is 16.2 Å². The summed E-state index contributed by atoms with van der Waals surface area (Å²) in [6.45, 7) is 9.78. The first-order chi connectivity index (χ1) is 12.2. The standard InChI is InChI=1S/C19H24N4OS/c1-16(18-8-5-13-25-18)20-21-19(24)15-23-11-9-22(10-12-23)14-17-6-3-2-4-7-17/h2-8,13,20H,1,9-12,14-15H2,(H,21,24)/p+2. The molecule has 1 aliphatic heterocycles. The quantitative estimate of drug-likeness (QED) is 0.496. The molecule has 0 saturated carbocycles. The van der Waals surface area contributed by atoms with E-state index in [1.165, 1.54) is 10.5 Å². The fourth-order valence-corrected chi connectivity index (χ4v) is 3.78. The molecule has 1 saturated heterocycles. The summed E-state index contributed by atoms with van der Waals surface area (Å²) in [7, 11) is 0. The highest BCUT2D eigenvalue weighted by Crippen LogP contribution is 2.14. The predicted molar refractivity (Wildman–Crippen MR) is 101 cm³/mol. The van der Waals surface area contributed by atoms with E-state index in [0.717, 1.165) is 43.3 Å². The third-order valence-electron chi connectivity index (χ3n) is 4.54. The third kappa shape index (κ3) is 5.42. The van der Waals surface area contributed by atoms with Crippen LogP contribution in [0.25, 0.3) is 5.70 Å². The number of quaternary nitrogens is 2. The lowest BCUT2D eigenvalue weighted by atomic mass is 10.2. The molecule has 0 unspecified atom stereocenters. The molecule has 4 N–H and O–H groups in total. The van der Waals surface area contributed by atoms with Crippen LogP contribution in [0.3, 0.4) is 0 Å². The van der Waals surface area contributed by atoms with Crippen LogP contribution in [-0.4, -0.2) is 38.6 Å². The molecule has 5 nitrogen and oxygen atoms in total. The van der Waals surface area contributed by atoms with Gasteiger partial charge < -0.3 is 9.80 Å². The van der Waals surface area contributed by atoms with Crippen LogP contribution in [0.2, 0.25) is 0 Å². The van der Waals surface area contributed by atoms with E-state index in [9.17, 15) is 4.79 Å². The van der Waals surface area contributed by atoms with E-state index >= 15 is 0 Å². The molecule has 2 heterocycles. The summed E-state index contributed by atoms with van der Waals surface area (Å²) in [5, 5.41) is 1.99. The number of hydrogen-bond donors (Lipinski definition) is 4. The predicted octanol–water partition coefficient (Wildman–Crippen LogP) is -0.677. The highest BCUT2D eigenvalue weighted by Gasteiger charge is 2.24. The first-order valence-electron chi connectivity index (χ1n) is 8.69. The van der Waals surface area contributed by atoms with Crippen LogP contribution in [0, 0.1) is 0 Å². The Kier molecular flexibility index (Phi) is 6.22. The van der Waals surface area contributed by atoms with Crippen LogP contribution in [0.15, 0.2) is 54.4 Å². The smallest absolute Gasteiger partial charge is 0.293 e. The van der Waals surface area contributed by atoms with Crippen LogP contribution in [0.5, 0.6) is 0 Å². The number of amides is 1. The number of thiophene rings is 1. The van der Waals surface area contributed by atoms with Gasteiger partial charge in [0.25, 0.3) is 5.91 Å². The molecule has 2 aromatic rings. The maximum atomic E-state index is 12.1. The third-order valence-corrected chi connectivity index (χ3v) is 5.47. The maximum absolute atomic E-state index is 12.1. The number of hydrazine groups is 1. The zero-order chi connectivity index (χ0) is 17.5. The molecule has 1 aromatic heterocycles. The largest absolute Gasteiger partial charge is 0.322 e. The van der Waals surface area contributed by atoms with Gasteiger partial charge in [0, 0.05) is 5.56 Å². The first-order valence-corrected chi connectivity index (χ1v) is 9.57. The number of hydrogen-bond acceptors (Lipinski definition) is 3. The van der Waals surface area contributed by atoms with Gasteiger partial charge in [-0.15, -0.1) is 11.3 Å². The Morgan fingerprint density at radius 3 is 2.40 bits per heavy atom. The summed E-state index contributed by atoms with van der Waals surface area (Å²) >= 11 is 1.60. The van der Waals surface area contributed by atoms with Gasteiger partial charge in [0.1, 0.15) is 32.7 Å². The zero-order valence-corrected chi connectivity index (χ0v) is 15.2. The minimum absolute atomic E-state index is 0.0132. The van der Waals surface area contributed by atoms with Gasteiger partial charge in [-0.3, -0.25) is 15.6 Å². The molecule has 0 aliphatic carbocycles. The number of piperazine rings is 1. The fraction of sp³-hybridized carbons (Fsp3) is 0.316. The number of rotatable bonds is 7. The zero-order valence-electron chi connectivity index (χ0n) is 14.4. The average Bonchev–Trinajstić information content (AvgIpc) is 3.17. The van der Waals surface area contributed by atoms with Gasteiger partial charge in [0.2, 0.25) is 0 Å². The van der Waals surface area contributed by atoms with Crippen LogP contribution < -0.4 is 20.7 Å². The van der Waals surface area contributed by atoms with Crippen molar-refractivity contribution in [2.75, 3.05) is 32.7 Å². The van der Waals surface area contributed by atoms with Crippen molar-refractivity contribution < 1.29 is 14.6 Å². The Labute approximate surface area is 152 Å². The summed E-state index contributed by atoms with van der Waals surface area (Å²) in [6.07, 6.45) is 0. The van der Waals surface area contributed by atoms with Crippen molar-refractivity contribution in [2.45, 2.75) is 6.54 Å². The molecular formula is C19H26N4OS+2. The molecule has 1 aromatic carbocycles. The molecule has 1 amide bonds. The summed E-state index contributed by atoms with van der Waals surface area (Å²) in [5.41, 5.74) is 7.79. The summed E-state index contributed by atoms with van der Waals surface area (Å²) in [5.74, 6) is 0.0132. The molecule has 6 heteroatoms. The Morgan fingerprint density at radius 2 is 1.72 bits per heavy atom. The second kappa shape index (κ2) is 8.80. The molecule has 0 spiro atoms. The minimum Gasteiger partial charge on any atom is -0.322 e. The van der Waals surface area contributed by atoms with Gasteiger partial charge in [-0.25, -0.2) is 0 Å². The van der Waals surface area contributed by atoms with E-state index in [-0.39, 0.29) is 5.91 Å². The average molecular weight is 359 g/mol. The van der Waals surface area contributed by atoms with Crippen molar-refractivity contribution in [3.05, 3.63) is 64.9 Å². The van der Waals surface area contributed by atoms with Crippen molar-refractivity contribution >= 4 is 22.9 Å². The lowest BCUT2D eigenvalue weighted by Crippen LogP contribution is -3.28. The topological polar surface area (TPSA) is 50.0 Å². The van der Waals surface area contributed by atoms with E-state index in [0.29, 0.717) is 6.54 Å². The van der Waals surface area contributed by atoms with Crippen LogP contribution in [0.4, 0.5) is 0 Å². The van der Waals surface area contributed by atoms with Gasteiger partial charge >= 0.3 is 0 Å². The van der Waals surface area contributed by atoms with E-state index in [2.05, 4.69) is 47.8 Å². The highest BCUT2D eigenvalue weighted by molar-refractivity contribution is 7.11. The normalized spacial score (nSPS) is 20.0. The first kappa shape index (κ1) is 17.7. The Balaban J connectivity index is 1.35. The SMILES string of the molecule is C=C(NNC(=O)C[NH+]1CC[NH+](Cc2ccccc2)CC1)c1cccs1. The summed E-state index contributed by atoms with van der Waals surface area (Å²) in [4.78, 5) is 16.1. The number of carbonyl (C=O) groups excluding carboxylic acids is 1. The molecular weight excluding hydrogens is 332 g/mol. The van der Waals surface area contributed by atoms with Crippen molar-refractivity contribution in [1.82, 2.24) is 10.9 Å². The van der Waals surface area contributed by atoms with Crippen LogP contribution in [-0.2, 0) is 11.3 Å². The van der Waals surface area contributed by atoms with Crippen molar-refractivity contribution in [2.24, 2.45) is 0 Å². The monoisotopic (exact) mass is 358 g/mol. The Hall–Kier alpha value is -2.15. The Bertz CT molecular complexity index is 679. The summed E-state index contributed by atoms with van der Waals surface area (Å²) < 4.78 is 0. The van der Waals surface area contributed by atoms with Crippen molar-refractivity contribution in [1.29, 1.82) is 0 Å². The molecule has 0 atom stereocenters. The second-order valence-corrected chi connectivity index (χ2v) is 7.42. The Morgan fingerprint density at radius 1 is 1.00 bits per heavy atom. The van der Waals surface area contributed by atoms with Gasteiger partial charge in [-0.2, -0.15) is 0 Å². The lowest BCUT2D eigenvalue weighted by molar-refractivity contribution is -1.02. The van der Waals surface area contributed by atoms with E-state index < -0.39 is 0 Å². The second-order valence-electron chi connectivity index (χ2n) is 6.47. The lowest BCUT2D eigenvalue weighted by Gasteiger charge is -2.29. The van der Waals surface area contributed by atoms with Gasteiger partial charge in [0.05, 0.1) is 10.6 Å². The van der Waals surface area contributed by atoms with E-state index in [4.69, 9.17) is 0 Å².